The highest BCUT2D eigenvalue weighted by molar-refractivity contribution is 8.00. The zero-order valence-electron chi connectivity index (χ0n) is 7.07. The van der Waals surface area contributed by atoms with Crippen molar-refractivity contribution < 1.29 is 3.96 Å². The van der Waals surface area contributed by atoms with Crippen LogP contribution in [0.25, 0.3) is 10.9 Å². The van der Waals surface area contributed by atoms with Gasteiger partial charge in [0.15, 0.2) is 7.05 Å². The predicted octanol–water partition coefficient (Wildman–Crippen LogP) is 2.45. The summed E-state index contributed by atoms with van der Waals surface area (Å²) in [5.74, 6) is 0. The molecule has 0 saturated heterocycles. The van der Waals surface area contributed by atoms with Gasteiger partial charge >= 0.3 is 0 Å². The van der Waals surface area contributed by atoms with Crippen LogP contribution < -0.4 is 3.96 Å². The van der Waals surface area contributed by atoms with E-state index in [9.17, 15) is 0 Å². The number of fused-ring (bicyclic) bond motifs is 1. The van der Waals surface area contributed by atoms with Gasteiger partial charge in [-0.3, -0.25) is 0 Å². The minimum absolute atomic E-state index is 1.33. The average molecular weight is 196 g/mol. The van der Waals surface area contributed by atoms with Gasteiger partial charge in [0.2, 0.25) is 5.52 Å². The number of para-hydroxylation sites is 1. The summed E-state index contributed by atoms with van der Waals surface area (Å²) in [6.45, 7) is 0. The molecule has 0 amide bonds. The van der Waals surface area contributed by atoms with Crippen molar-refractivity contribution in [2.24, 2.45) is 7.05 Å². The van der Waals surface area contributed by atoms with Crippen molar-refractivity contribution in [3.05, 3.63) is 24.3 Å². The Hall–Kier alpha value is -0.540. The van der Waals surface area contributed by atoms with Crippen molar-refractivity contribution in [2.45, 2.75) is 4.21 Å². The van der Waals surface area contributed by atoms with Crippen molar-refractivity contribution in [3.63, 3.8) is 0 Å². The van der Waals surface area contributed by atoms with Crippen molar-refractivity contribution in [1.29, 1.82) is 0 Å². The molecule has 0 aliphatic heterocycles. The maximum atomic E-state index is 2.21. The topological polar surface area (TPSA) is 3.88 Å². The molecule has 2 rings (SSSR count). The van der Waals surface area contributed by atoms with E-state index in [0.29, 0.717) is 0 Å². The molecule has 12 heavy (non-hydrogen) atoms. The van der Waals surface area contributed by atoms with Crippen molar-refractivity contribution >= 4 is 34.2 Å². The number of aryl methyl sites for hydroxylation is 1. The third-order valence-electron chi connectivity index (χ3n) is 1.87. The van der Waals surface area contributed by atoms with Crippen molar-refractivity contribution in [1.82, 2.24) is 0 Å². The van der Waals surface area contributed by atoms with Gasteiger partial charge in [-0.15, -0.1) is 15.7 Å². The third-order valence-corrected chi connectivity index (χ3v) is 4.04. The molecule has 0 unspecified atom stereocenters. The fourth-order valence-corrected chi connectivity index (χ4v) is 3.09. The quantitative estimate of drug-likeness (QED) is 0.500. The summed E-state index contributed by atoms with van der Waals surface area (Å²) in [4.78, 5) is 0. The van der Waals surface area contributed by atoms with Gasteiger partial charge in [-0.05, 0) is 12.3 Å². The molecule has 62 valence electrons. The van der Waals surface area contributed by atoms with Crippen molar-refractivity contribution in [3.8, 4) is 0 Å². The van der Waals surface area contributed by atoms with Gasteiger partial charge in [0.05, 0.1) is 5.39 Å². The number of rotatable bonds is 1. The van der Waals surface area contributed by atoms with Crippen LogP contribution in [-0.4, -0.2) is 6.26 Å². The molecule has 0 aliphatic carbocycles. The summed E-state index contributed by atoms with van der Waals surface area (Å²) < 4.78 is 3.61. The van der Waals surface area contributed by atoms with Crippen molar-refractivity contribution in [2.75, 3.05) is 6.26 Å². The number of aromatic nitrogens is 1. The molecule has 1 nitrogen and oxygen atoms in total. The summed E-state index contributed by atoms with van der Waals surface area (Å²) in [5.41, 5.74) is 1.33. The van der Waals surface area contributed by atoms with Crippen LogP contribution >= 0.6 is 23.3 Å². The molecule has 1 aromatic heterocycles. The number of hydrogen-bond donors (Lipinski definition) is 0. The predicted molar refractivity (Wildman–Crippen MR) is 54.8 cm³/mol. The molecule has 0 aliphatic rings. The number of thioether (sulfide) groups is 1. The largest absolute Gasteiger partial charge is 0.227 e. The van der Waals surface area contributed by atoms with E-state index in [2.05, 4.69) is 41.5 Å². The van der Waals surface area contributed by atoms with Gasteiger partial charge in [0, 0.05) is 6.07 Å². The fraction of sp³-hybridized carbons (Fsp3) is 0.222. The van der Waals surface area contributed by atoms with Gasteiger partial charge in [-0.1, -0.05) is 12.1 Å². The molecular formula is C9H10NS2+. The van der Waals surface area contributed by atoms with Gasteiger partial charge in [0.1, 0.15) is 15.7 Å². The zero-order valence-corrected chi connectivity index (χ0v) is 8.71. The van der Waals surface area contributed by atoms with E-state index in [4.69, 9.17) is 0 Å². The van der Waals surface area contributed by atoms with Gasteiger partial charge in [0.25, 0.3) is 0 Å². The normalized spacial score (nSPS) is 10.8. The van der Waals surface area contributed by atoms with Crippen LogP contribution in [-0.2, 0) is 7.05 Å². The van der Waals surface area contributed by atoms with E-state index < -0.39 is 0 Å². The third kappa shape index (κ3) is 1.13. The lowest BCUT2D eigenvalue weighted by molar-refractivity contribution is -0.573. The minimum Gasteiger partial charge on any atom is -0.135 e. The molecular weight excluding hydrogens is 186 g/mol. The lowest BCUT2D eigenvalue weighted by Crippen LogP contribution is -2.21. The van der Waals surface area contributed by atoms with Crippen LogP contribution in [0.2, 0.25) is 0 Å². The fourth-order valence-electron chi connectivity index (χ4n) is 1.29. The summed E-state index contributed by atoms with van der Waals surface area (Å²) in [6, 6.07) is 8.51. The molecule has 0 N–H and O–H groups in total. The van der Waals surface area contributed by atoms with E-state index in [1.807, 2.05) is 23.3 Å². The van der Waals surface area contributed by atoms with Crippen LogP contribution in [0.4, 0.5) is 0 Å². The summed E-state index contributed by atoms with van der Waals surface area (Å²) in [5, 5.41) is 1.37. The molecule has 0 fully saturated rings. The van der Waals surface area contributed by atoms with E-state index in [0.717, 1.165) is 0 Å². The molecule has 0 radical (unpaired) electrons. The SMILES string of the molecule is CSc1s[n+](C)c2ccccc12. The second kappa shape index (κ2) is 3.07. The molecule has 1 heterocycles. The second-order valence-corrected chi connectivity index (χ2v) is 4.81. The molecule has 0 bridgehead atoms. The Labute approximate surface area is 80.2 Å². The first-order chi connectivity index (χ1) is 5.83. The number of nitrogens with zero attached hydrogens (tertiary/aromatic N) is 1. The van der Waals surface area contributed by atoms with Crippen LogP contribution in [0.1, 0.15) is 0 Å². The standard InChI is InChI=1S/C9H10NS2/c1-10-8-6-4-3-5-7(8)9(11-2)12-10/h3-6H,1-2H3/q+1. The Kier molecular flexibility index (Phi) is 2.07. The highest BCUT2D eigenvalue weighted by atomic mass is 32.2. The Balaban J connectivity index is 2.82. The summed E-state index contributed by atoms with van der Waals surface area (Å²) in [6.07, 6.45) is 2.12. The summed E-state index contributed by atoms with van der Waals surface area (Å²) >= 11 is 3.62. The van der Waals surface area contributed by atoms with Gasteiger partial charge in [-0.2, -0.15) is 0 Å². The van der Waals surface area contributed by atoms with Gasteiger partial charge in [-0.25, -0.2) is 0 Å². The second-order valence-electron chi connectivity index (χ2n) is 2.60. The Morgan fingerprint density at radius 3 is 2.83 bits per heavy atom. The molecule has 0 atom stereocenters. The van der Waals surface area contributed by atoms with Crippen LogP contribution in [0.15, 0.2) is 28.5 Å². The zero-order chi connectivity index (χ0) is 8.55. The monoisotopic (exact) mass is 196 g/mol. The van der Waals surface area contributed by atoms with E-state index in [1.165, 1.54) is 15.1 Å². The summed E-state index contributed by atoms with van der Waals surface area (Å²) in [7, 11) is 2.10. The first-order valence-corrected chi connectivity index (χ1v) is 5.75. The Bertz CT molecular complexity index is 406. The van der Waals surface area contributed by atoms with Gasteiger partial charge < -0.3 is 0 Å². The first kappa shape index (κ1) is 8.08. The molecule has 3 heteroatoms. The molecule has 0 saturated carbocycles. The average Bonchev–Trinajstić information content (AvgIpc) is 2.44. The minimum atomic E-state index is 1.33. The maximum absolute atomic E-state index is 2.21. The number of hydrogen-bond acceptors (Lipinski definition) is 2. The van der Waals surface area contributed by atoms with E-state index in [-0.39, 0.29) is 0 Å². The Morgan fingerprint density at radius 2 is 2.08 bits per heavy atom. The van der Waals surface area contributed by atoms with E-state index in [1.54, 1.807) is 0 Å². The van der Waals surface area contributed by atoms with Crippen LogP contribution in [0, 0.1) is 0 Å². The van der Waals surface area contributed by atoms with E-state index >= 15 is 0 Å². The molecule has 1 aromatic carbocycles. The van der Waals surface area contributed by atoms with Crippen LogP contribution in [0.3, 0.4) is 0 Å². The lowest BCUT2D eigenvalue weighted by atomic mass is 10.3. The highest BCUT2D eigenvalue weighted by Crippen LogP contribution is 2.27. The molecule has 2 aromatic rings. The first-order valence-electron chi connectivity index (χ1n) is 3.75. The number of benzene rings is 1. The highest BCUT2D eigenvalue weighted by Gasteiger charge is 2.13. The maximum Gasteiger partial charge on any atom is 0.227 e. The smallest absolute Gasteiger partial charge is 0.135 e. The molecule has 0 spiro atoms. The van der Waals surface area contributed by atoms with Crippen LogP contribution in [0.5, 0.6) is 0 Å². The Morgan fingerprint density at radius 1 is 1.33 bits per heavy atom. The lowest BCUT2D eigenvalue weighted by Gasteiger charge is -1.84.